The Hall–Kier alpha value is -1.51. The first-order chi connectivity index (χ1) is 7.88. The van der Waals surface area contributed by atoms with E-state index in [0.717, 1.165) is 30.6 Å². The Bertz CT molecular complexity index is 323. The van der Waals surface area contributed by atoms with Crippen LogP contribution in [0, 0.1) is 0 Å². The molecule has 0 atom stereocenters. The topological polar surface area (TPSA) is 30.8 Å². The van der Waals surface area contributed by atoms with Crippen LogP contribution >= 0.6 is 0 Å². The van der Waals surface area contributed by atoms with Crippen molar-refractivity contribution in [2.24, 2.45) is 5.16 Å². The lowest BCUT2D eigenvalue weighted by Gasteiger charge is -2.05. The molecule has 0 N–H and O–H groups in total. The molecule has 3 heteroatoms. The molecular formula is C13H18NO2. The number of rotatable bonds is 7. The molecule has 16 heavy (non-hydrogen) atoms. The van der Waals surface area contributed by atoms with E-state index in [1.165, 1.54) is 0 Å². The van der Waals surface area contributed by atoms with Gasteiger partial charge in [0.1, 0.15) is 18.6 Å². The molecule has 0 fully saturated rings. The van der Waals surface area contributed by atoms with Gasteiger partial charge >= 0.3 is 0 Å². The van der Waals surface area contributed by atoms with Gasteiger partial charge in [-0.05, 0) is 18.9 Å². The molecule has 1 aromatic carbocycles. The van der Waals surface area contributed by atoms with Crippen LogP contribution in [-0.2, 0) is 11.4 Å². The second-order valence-corrected chi connectivity index (χ2v) is 3.44. The highest BCUT2D eigenvalue weighted by atomic mass is 16.6. The van der Waals surface area contributed by atoms with Crippen LogP contribution in [0.25, 0.3) is 0 Å². The molecule has 0 aliphatic carbocycles. The fraction of sp³-hybridized carbons (Fsp3) is 0.462. The van der Waals surface area contributed by atoms with Gasteiger partial charge in [-0.25, -0.2) is 0 Å². The van der Waals surface area contributed by atoms with Crippen LogP contribution in [0.3, 0.4) is 0 Å². The number of nitrogens with zero attached hydrogens (tertiary/aromatic N) is 1. The summed E-state index contributed by atoms with van der Waals surface area (Å²) in [7, 11) is 1.65. The van der Waals surface area contributed by atoms with Crippen molar-refractivity contribution in [1.29, 1.82) is 0 Å². The summed E-state index contributed by atoms with van der Waals surface area (Å²) in [5.41, 5.74) is 0.992. The van der Waals surface area contributed by atoms with E-state index in [1.807, 2.05) is 24.3 Å². The number of hydrogen-bond acceptors (Lipinski definition) is 3. The molecule has 0 aromatic heterocycles. The number of methoxy groups -OCH3 is 1. The first kappa shape index (κ1) is 12.6. The molecule has 0 heterocycles. The predicted octanol–water partition coefficient (Wildman–Crippen LogP) is 3.26. The summed E-state index contributed by atoms with van der Waals surface area (Å²) in [6.07, 6.45) is 5.95. The van der Waals surface area contributed by atoms with Gasteiger partial charge in [0.05, 0.1) is 7.11 Å². The molecule has 1 rings (SSSR count). The molecule has 0 aliphatic rings. The van der Waals surface area contributed by atoms with Crippen LogP contribution in [0.4, 0.5) is 0 Å². The zero-order chi connectivity index (χ0) is 11.6. The Kier molecular flexibility index (Phi) is 6.07. The van der Waals surface area contributed by atoms with Crippen molar-refractivity contribution in [3.05, 3.63) is 29.8 Å². The lowest BCUT2D eigenvalue weighted by atomic mass is 10.2. The Morgan fingerprint density at radius 3 is 2.88 bits per heavy atom. The summed E-state index contributed by atoms with van der Waals surface area (Å²) in [4.78, 5) is 5.14. The third kappa shape index (κ3) is 4.34. The van der Waals surface area contributed by atoms with Crippen molar-refractivity contribution in [1.82, 2.24) is 0 Å². The number of benzene rings is 1. The van der Waals surface area contributed by atoms with Gasteiger partial charge in [-0.1, -0.05) is 36.7 Å². The van der Waals surface area contributed by atoms with Gasteiger partial charge in [0.2, 0.25) is 0 Å². The molecule has 1 aromatic rings. The SMILES string of the molecule is CCCC/[C]=N/OCc1ccccc1OC. The maximum Gasteiger partial charge on any atom is 0.145 e. The van der Waals surface area contributed by atoms with E-state index in [9.17, 15) is 0 Å². The van der Waals surface area contributed by atoms with Gasteiger partial charge in [-0.3, -0.25) is 0 Å². The Morgan fingerprint density at radius 2 is 2.12 bits per heavy atom. The molecule has 0 bridgehead atoms. The Labute approximate surface area is 97.1 Å². The second kappa shape index (κ2) is 7.74. The first-order valence-corrected chi connectivity index (χ1v) is 5.55. The minimum Gasteiger partial charge on any atom is -0.496 e. The van der Waals surface area contributed by atoms with Crippen LogP contribution in [0.2, 0.25) is 0 Å². The molecule has 0 saturated heterocycles. The summed E-state index contributed by atoms with van der Waals surface area (Å²) in [5.74, 6) is 0.825. The van der Waals surface area contributed by atoms with E-state index in [1.54, 1.807) is 7.11 Å². The quantitative estimate of drug-likeness (QED) is 0.401. The van der Waals surface area contributed by atoms with E-state index in [0.29, 0.717) is 6.61 Å². The van der Waals surface area contributed by atoms with Gasteiger partial charge in [-0.2, -0.15) is 0 Å². The summed E-state index contributed by atoms with van der Waals surface area (Å²) >= 11 is 0. The van der Waals surface area contributed by atoms with E-state index in [-0.39, 0.29) is 0 Å². The molecule has 1 radical (unpaired) electrons. The van der Waals surface area contributed by atoms with Crippen molar-refractivity contribution in [3.63, 3.8) is 0 Å². The normalized spacial score (nSPS) is 10.6. The molecule has 0 saturated carbocycles. The molecule has 0 unspecified atom stereocenters. The molecule has 0 aliphatic heterocycles. The highest BCUT2D eigenvalue weighted by Crippen LogP contribution is 2.17. The smallest absolute Gasteiger partial charge is 0.145 e. The monoisotopic (exact) mass is 220 g/mol. The summed E-state index contributed by atoms with van der Waals surface area (Å²) in [6, 6.07) is 7.74. The molecule has 0 amide bonds. The van der Waals surface area contributed by atoms with E-state index < -0.39 is 0 Å². The third-order valence-electron chi connectivity index (χ3n) is 2.18. The third-order valence-corrected chi connectivity index (χ3v) is 2.18. The largest absolute Gasteiger partial charge is 0.496 e. The highest BCUT2D eigenvalue weighted by molar-refractivity contribution is 5.56. The zero-order valence-electron chi connectivity index (χ0n) is 9.90. The van der Waals surface area contributed by atoms with E-state index in [4.69, 9.17) is 9.57 Å². The van der Waals surface area contributed by atoms with Gasteiger partial charge in [-0.15, -0.1) is 0 Å². The Balaban J connectivity index is 2.34. The van der Waals surface area contributed by atoms with Crippen molar-refractivity contribution < 1.29 is 9.57 Å². The minimum absolute atomic E-state index is 0.420. The fourth-order valence-electron chi connectivity index (χ4n) is 1.27. The first-order valence-electron chi connectivity index (χ1n) is 5.55. The zero-order valence-corrected chi connectivity index (χ0v) is 9.90. The highest BCUT2D eigenvalue weighted by Gasteiger charge is 2.00. The van der Waals surface area contributed by atoms with Gasteiger partial charge in [0.15, 0.2) is 0 Å². The van der Waals surface area contributed by atoms with Crippen molar-refractivity contribution in [2.45, 2.75) is 32.8 Å². The lowest BCUT2D eigenvalue weighted by Crippen LogP contribution is -1.93. The van der Waals surface area contributed by atoms with Crippen LogP contribution in [-0.4, -0.2) is 13.3 Å². The van der Waals surface area contributed by atoms with Crippen LogP contribution in [0.15, 0.2) is 29.4 Å². The molecule has 0 spiro atoms. The van der Waals surface area contributed by atoms with Gasteiger partial charge < -0.3 is 9.57 Å². The number of hydrogen-bond donors (Lipinski definition) is 0. The predicted molar refractivity (Wildman–Crippen MR) is 64.7 cm³/mol. The number of para-hydroxylation sites is 1. The van der Waals surface area contributed by atoms with Crippen LogP contribution < -0.4 is 4.74 Å². The van der Waals surface area contributed by atoms with Crippen LogP contribution in [0.1, 0.15) is 31.7 Å². The molecule has 87 valence electrons. The van der Waals surface area contributed by atoms with Crippen LogP contribution in [0.5, 0.6) is 5.75 Å². The second-order valence-electron chi connectivity index (χ2n) is 3.44. The average molecular weight is 220 g/mol. The summed E-state index contributed by atoms with van der Waals surface area (Å²) in [6.45, 7) is 2.56. The molecule has 3 nitrogen and oxygen atoms in total. The van der Waals surface area contributed by atoms with Gasteiger partial charge in [0.25, 0.3) is 0 Å². The lowest BCUT2D eigenvalue weighted by molar-refractivity contribution is 0.129. The minimum atomic E-state index is 0.420. The summed E-state index contributed by atoms with van der Waals surface area (Å²) in [5, 5.41) is 3.77. The van der Waals surface area contributed by atoms with Gasteiger partial charge in [0, 0.05) is 5.56 Å². The van der Waals surface area contributed by atoms with E-state index in [2.05, 4.69) is 18.3 Å². The average Bonchev–Trinajstić information content (AvgIpc) is 2.34. The van der Waals surface area contributed by atoms with E-state index >= 15 is 0 Å². The van der Waals surface area contributed by atoms with Crippen molar-refractivity contribution in [2.75, 3.05) is 7.11 Å². The maximum atomic E-state index is 5.20. The number of unbranched alkanes of at least 4 members (excludes halogenated alkanes) is 2. The number of ether oxygens (including phenoxy) is 1. The van der Waals surface area contributed by atoms with Crippen molar-refractivity contribution in [3.8, 4) is 5.75 Å². The fourth-order valence-corrected chi connectivity index (χ4v) is 1.27. The maximum absolute atomic E-state index is 5.20. The Morgan fingerprint density at radius 1 is 1.31 bits per heavy atom. The van der Waals surface area contributed by atoms with Crippen molar-refractivity contribution >= 4 is 6.21 Å². The summed E-state index contributed by atoms with van der Waals surface area (Å²) < 4.78 is 5.20. The standard InChI is InChI=1S/C13H18NO2/c1-3-4-7-10-14-16-11-12-8-5-6-9-13(12)15-2/h5-6,8-9H,3-4,7,11H2,1-2H3. The molecular weight excluding hydrogens is 202 g/mol.